The molecule has 4 heteroatoms. The summed E-state index contributed by atoms with van der Waals surface area (Å²) in [6, 6.07) is 17.9. The van der Waals surface area contributed by atoms with Crippen molar-refractivity contribution in [3.8, 4) is 17.5 Å². The molecular formula is C22H27N3O. The van der Waals surface area contributed by atoms with Gasteiger partial charge < -0.3 is 4.52 Å². The van der Waals surface area contributed by atoms with Crippen LogP contribution in [0.2, 0.25) is 0 Å². The molecule has 0 saturated carbocycles. The number of aromatic nitrogens is 2. The van der Waals surface area contributed by atoms with E-state index in [0.717, 1.165) is 29.5 Å². The molecule has 0 amide bonds. The summed E-state index contributed by atoms with van der Waals surface area (Å²) in [5.74, 6) is 1.28. The normalized spacial score (nSPS) is 9.23. The first-order valence-electron chi connectivity index (χ1n) is 9.06. The Morgan fingerprint density at radius 3 is 2.00 bits per heavy atom. The van der Waals surface area contributed by atoms with Gasteiger partial charge in [0.25, 0.3) is 5.89 Å². The lowest BCUT2D eigenvalue weighted by Crippen LogP contribution is -1.86. The molecule has 136 valence electrons. The number of nitriles is 1. The van der Waals surface area contributed by atoms with Gasteiger partial charge >= 0.3 is 0 Å². The third-order valence-electron chi connectivity index (χ3n) is 3.67. The first-order valence-corrected chi connectivity index (χ1v) is 9.06. The Hall–Kier alpha value is -2.93. The number of hydrogen-bond acceptors (Lipinski definition) is 4. The maximum atomic E-state index is 8.60. The quantitative estimate of drug-likeness (QED) is 0.603. The second kappa shape index (κ2) is 11.6. The van der Waals surface area contributed by atoms with E-state index in [4.69, 9.17) is 9.78 Å². The summed E-state index contributed by atoms with van der Waals surface area (Å²) in [5, 5.41) is 12.4. The molecule has 0 aliphatic carbocycles. The predicted octanol–water partition coefficient (Wildman–Crippen LogP) is 5.75. The standard InChI is InChI=1S/C11H12N2O.C9H9N.C2H6/c1-3-9-6-4-5-7-10(9)11-12-8(2)13-14-11;1-2-8-5-3-4-6-9(8)7-10;1-2/h4-7H,3H2,1-2H3;3-6H,2H2,1H3;1-2H3. The SMILES string of the molecule is CC.CCc1ccccc1-c1nc(C)no1.CCc1ccccc1C#N. The highest BCUT2D eigenvalue weighted by atomic mass is 16.5. The summed E-state index contributed by atoms with van der Waals surface area (Å²) >= 11 is 0. The Morgan fingerprint density at radius 2 is 1.50 bits per heavy atom. The molecule has 3 rings (SSSR count). The molecule has 0 saturated heterocycles. The molecular weight excluding hydrogens is 322 g/mol. The monoisotopic (exact) mass is 349 g/mol. The van der Waals surface area contributed by atoms with Crippen molar-refractivity contribution in [2.45, 2.75) is 47.5 Å². The van der Waals surface area contributed by atoms with Crippen LogP contribution in [0.15, 0.2) is 53.1 Å². The fourth-order valence-electron chi connectivity index (χ4n) is 2.38. The van der Waals surface area contributed by atoms with Gasteiger partial charge in [0.1, 0.15) is 0 Å². The van der Waals surface area contributed by atoms with Crippen LogP contribution in [-0.4, -0.2) is 10.1 Å². The zero-order valence-electron chi connectivity index (χ0n) is 16.3. The minimum Gasteiger partial charge on any atom is -0.334 e. The Kier molecular flexibility index (Phi) is 9.42. The highest BCUT2D eigenvalue weighted by molar-refractivity contribution is 5.58. The van der Waals surface area contributed by atoms with Crippen LogP contribution in [0.4, 0.5) is 0 Å². The van der Waals surface area contributed by atoms with Crippen LogP contribution in [0.1, 0.15) is 50.2 Å². The zero-order chi connectivity index (χ0) is 19.4. The Balaban J connectivity index is 0.000000249. The van der Waals surface area contributed by atoms with Crippen molar-refractivity contribution < 1.29 is 4.52 Å². The van der Waals surface area contributed by atoms with Gasteiger partial charge in [-0.15, -0.1) is 0 Å². The highest BCUT2D eigenvalue weighted by Crippen LogP contribution is 2.21. The van der Waals surface area contributed by atoms with E-state index in [1.54, 1.807) is 0 Å². The molecule has 0 bridgehead atoms. The van der Waals surface area contributed by atoms with Crippen molar-refractivity contribution >= 4 is 0 Å². The minimum atomic E-state index is 0.611. The predicted molar refractivity (Wildman–Crippen MR) is 106 cm³/mol. The maximum Gasteiger partial charge on any atom is 0.258 e. The summed E-state index contributed by atoms with van der Waals surface area (Å²) in [4.78, 5) is 4.21. The zero-order valence-corrected chi connectivity index (χ0v) is 16.3. The highest BCUT2D eigenvalue weighted by Gasteiger charge is 2.09. The van der Waals surface area contributed by atoms with Crippen LogP contribution in [0, 0.1) is 18.3 Å². The lowest BCUT2D eigenvalue weighted by atomic mass is 10.1. The van der Waals surface area contributed by atoms with Gasteiger partial charge in [0.2, 0.25) is 0 Å². The second-order valence-electron chi connectivity index (χ2n) is 5.28. The summed E-state index contributed by atoms with van der Waals surface area (Å²) in [7, 11) is 0. The molecule has 2 aromatic carbocycles. The summed E-state index contributed by atoms with van der Waals surface area (Å²) in [6.45, 7) is 9.99. The fourth-order valence-corrected chi connectivity index (χ4v) is 2.38. The molecule has 0 aliphatic heterocycles. The van der Waals surface area contributed by atoms with E-state index in [1.165, 1.54) is 5.56 Å². The maximum absolute atomic E-state index is 8.60. The molecule has 0 spiro atoms. The van der Waals surface area contributed by atoms with Crippen molar-refractivity contribution in [1.29, 1.82) is 5.26 Å². The first-order chi connectivity index (χ1) is 12.7. The average molecular weight is 349 g/mol. The van der Waals surface area contributed by atoms with Gasteiger partial charge in [-0.05, 0) is 43.0 Å². The number of rotatable bonds is 3. The van der Waals surface area contributed by atoms with E-state index in [1.807, 2.05) is 63.2 Å². The molecule has 0 fully saturated rings. The van der Waals surface area contributed by atoms with Crippen LogP contribution in [-0.2, 0) is 12.8 Å². The lowest BCUT2D eigenvalue weighted by Gasteiger charge is -2.01. The molecule has 3 aromatic rings. The van der Waals surface area contributed by atoms with Crippen LogP contribution in [0.5, 0.6) is 0 Å². The number of aryl methyl sites for hydroxylation is 3. The third-order valence-corrected chi connectivity index (χ3v) is 3.67. The molecule has 0 N–H and O–H groups in total. The van der Waals surface area contributed by atoms with Crippen molar-refractivity contribution in [1.82, 2.24) is 10.1 Å². The topological polar surface area (TPSA) is 62.7 Å². The largest absolute Gasteiger partial charge is 0.334 e. The van der Waals surface area contributed by atoms with Crippen LogP contribution in [0.25, 0.3) is 11.5 Å². The van der Waals surface area contributed by atoms with Gasteiger partial charge in [-0.1, -0.05) is 69.2 Å². The van der Waals surface area contributed by atoms with Crippen molar-refractivity contribution in [2.75, 3.05) is 0 Å². The Morgan fingerprint density at radius 1 is 0.923 bits per heavy atom. The minimum absolute atomic E-state index is 0.611. The smallest absolute Gasteiger partial charge is 0.258 e. The molecule has 1 heterocycles. The van der Waals surface area contributed by atoms with E-state index in [-0.39, 0.29) is 0 Å². The van der Waals surface area contributed by atoms with Crippen molar-refractivity contribution in [3.63, 3.8) is 0 Å². The van der Waals surface area contributed by atoms with E-state index in [0.29, 0.717) is 11.7 Å². The Labute approximate surface area is 156 Å². The molecule has 0 radical (unpaired) electrons. The Bertz CT molecular complexity index is 831. The van der Waals surface area contributed by atoms with Crippen LogP contribution >= 0.6 is 0 Å². The molecule has 0 atom stereocenters. The third kappa shape index (κ3) is 5.86. The van der Waals surface area contributed by atoms with Gasteiger partial charge in [-0.3, -0.25) is 0 Å². The molecule has 4 nitrogen and oxygen atoms in total. The molecule has 26 heavy (non-hydrogen) atoms. The van der Waals surface area contributed by atoms with E-state index >= 15 is 0 Å². The van der Waals surface area contributed by atoms with Gasteiger partial charge in [-0.2, -0.15) is 10.2 Å². The summed E-state index contributed by atoms with van der Waals surface area (Å²) in [5.41, 5.74) is 4.20. The van der Waals surface area contributed by atoms with Crippen molar-refractivity contribution in [3.05, 3.63) is 71.0 Å². The van der Waals surface area contributed by atoms with Crippen molar-refractivity contribution in [2.24, 2.45) is 0 Å². The van der Waals surface area contributed by atoms with Crippen LogP contribution in [0.3, 0.4) is 0 Å². The number of nitrogens with zero attached hydrogens (tertiary/aromatic N) is 3. The molecule has 0 unspecified atom stereocenters. The van der Waals surface area contributed by atoms with E-state index < -0.39 is 0 Å². The number of hydrogen-bond donors (Lipinski definition) is 0. The average Bonchev–Trinajstić information content (AvgIpc) is 3.16. The van der Waals surface area contributed by atoms with Crippen LogP contribution < -0.4 is 0 Å². The summed E-state index contributed by atoms with van der Waals surface area (Å²) < 4.78 is 5.13. The fraction of sp³-hybridized carbons (Fsp3) is 0.318. The number of benzene rings is 2. The van der Waals surface area contributed by atoms with Gasteiger partial charge in [0.15, 0.2) is 5.82 Å². The second-order valence-corrected chi connectivity index (χ2v) is 5.28. The van der Waals surface area contributed by atoms with E-state index in [2.05, 4.69) is 36.1 Å². The van der Waals surface area contributed by atoms with E-state index in [9.17, 15) is 0 Å². The molecule has 0 aliphatic rings. The van der Waals surface area contributed by atoms with Gasteiger partial charge in [-0.25, -0.2) is 0 Å². The first kappa shape index (κ1) is 21.1. The summed E-state index contributed by atoms with van der Waals surface area (Å²) in [6.07, 6.45) is 1.90. The molecule has 1 aromatic heterocycles. The van der Waals surface area contributed by atoms with Gasteiger partial charge in [0, 0.05) is 5.56 Å². The lowest BCUT2D eigenvalue weighted by molar-refractivity contribution is 0.425. The van der Waals surface area contributed by atoms with Gasteiger partial charge in [0.05, 0.1) is 11.6 Å².